The molecule has 4 aromatic carbocycles. The van der Waals surface area contributed by atoms with Crippen LogP contribution < -0.4 is 14.3 Å². The maximum atomic E-state index is 6.65. The second kappa shape index (κ2) is 16.2. The van der Waals surface area contributed by atoms with E-state index >= 15 is 0 Å². The van der Waals surface area contributed by atoms with Gasteiger partial charge in [0.05, 0.1) is 37.4 Å². The third-order valence-corrected chi connectivity index (χ3v) is 12.2. The standard InChI is InChI=1S/C31H30NO.C19H26NSi.Ir/c1-20-10-13-23(14-11-20)24-8-7-9-25-26-15-12-21(2)28(30(26)33-29(24)25)27-18-22(16-17-32(27)6)19-31(3,4)5;1-14(2)16-8-10-18(15(3)12-16)19-11-9-17(13-20(19)4)21(5,6)7;/h7-18H,2,6,19H2,1,3-5H3;8-14H,3-4H2,1-2,5-7H3;/q2*-1;. The maximum absolute atomic E-state index is 6.65. The van der Waals surface area contributed by atoms with Crippen LogP contribution in [-0.4, -0.2) is 8.07 Å². The van der Waals surface area contributed by atoms with E-state index in [2.05, 4.69) is 192 Å². The zero-order chi connectivity index (χ0) is 39.1. The molecule has 0 saturated heterocycles. The molecule has 0 fully saturated rings. The number of hydrogen-bond donors (Lipinski definition) is 0. The maximum Gasteiger partial charge on any atom is 0.141 e. The number of para-hydroxylation sites is 1. The van der Waals surface area contributed by atoms with E-state index in [1.54, 1.807) is 0 Å². The summed E-state index contributed by atoms with van der Waals surface area (Å²) in [5.41, 5.74) is 14.4. The molecule has 0 aliphatic rings. The first-order chi connectivity index (χ1) is 25.4. The van der Waals surface area contributed by atoms with Gasteiger partial charge in [0.1, 0.15) is 5.58 Å². The Kier molecular flexibility index (Phi) is 12.2. The molecule has 0 bridgehead atoms. The molecule has 0 saturated carbocycles. The van der Waals surface area contributed by atoms with Gasteiger partial charge in [0.25, 0.3) is 0 Å². The molecule has 3 nitrogen and oxygen atoms in total. The molecule has 7 aromatic rings. The molecular formula is C50H56IrN2OSi-2. The Morgan fingerprint density at radius 3 is 2.02 bits per heavy atom. The molecule has 7 rings (SSSR count). The molecule has 3 aromatic heterocycles. The predicted octanol–water partition coefficient (Wildman–Crippen LogP) is 12.1. The molecule has 287 valence electrons. The van der Waals surface area contributed by atoms with Crippen LogP contribution in [0.25, 0.3) is 55.6 Å². The summed E-state index contributed by atoms with van der Waals surface area (Å²) in [7, 11) is 7.14. The van der Waals surface area contributed by atoms with Crippen LogP contribution in [0.4, 0.5) is 0 Å². The van der Waals surface area contributed by atoms with Crippen molar-refractivity contribution in [1.29, 1.82) is 0 Å². The van der Waals surface area contributed by atoms with Crippen LogP contribution in [0.15, 0.2) is 114 Å². The van der Waals surface area contributed by atoms with Crippen molar-refractivity contribution in [2.24, 2.45) is 5.41 Å². The van der Waals surface area contributed by atoms with E-state index < -0.39 is 8.07 Å². The number of nitrogens with zero attached hydrogens (tertiary/aromatic N) is 2. The van der Waals surface area contributed by atoms with Gasteiger partial charge in [0.2, 0.25) is 0 Å². The van der Waals surface area contributed by atoms with Crippen molar-refractivity contribution >= 4 is 35.2 Å². The van der Waals surface area contributed by atoms with Crippen LogP contribution in [0.1, 0.15) is 68.4 Å². The van der Waals surface area contributed by atoms with Gasteiger partial charge >= 0.3 is 0 Å². The molecule has 5 heteroatoms. The minimum absolute atomic E-state index is 0. The van der Waals surface area contributed by atoms with Crippen molar-refractivity contribution in [3.05, 3.63) is 165 Å². The summed E-state index contributed by atoms with van der Waals surface area (Å²) >= 11 is 0. The molecule has 1 radical (unpaired) electrons. The Hall–Kier alpha value is -4.67. The van der Waals surface area contributed by atoms with E-state index in [4.69, 9.17) is 4.42 Å². The topological polar surface area (TPSA) is 20.9 Å². The number of rotatable bonds is 6. The number of hydrogen-bond acceptors (Lipinski definition) is 1. The largest absolute Gasteiger partial charge is 0.469 e. The fourth-order valence-electron chi connectivity index (χ4n) is 7.11. The van der Waals surface area contributed by atoms with Crippen molar-refractivity contribution in [2.45, 2.75) is 73.5 Å². The Morgan fingerprint density at radius 1 is 0.709 bits per heavy atom. The van der Waals surface area contributed by atoms with Crippen molar-refractivity contribution in [1.82, 2.24) is 0 Å². The van der Waals surface area contributed by atoms with Gasteiger partial charge in [-0.3, -0.25) is 0 Å². The first-order valence-corrected chi connectivity index (χ1v) is 22.5. The molecule has 3 heterocycles. The van der Waals surface area contributed by atoms with Gasteiger partial charge in [-0.2, -0.15) is 37.1 Å². The van der Waals surface area contributed by atoms with Crippen LogP contribution in [0.3, 0.4) is 0 Å². The molecule has 0 aliphatic carbocycles. The SMILES string of the molecule is [CH2-]c1cc(C(C)C)ccc1-c1ccc([Si](C)(C)C)c[n+]1[CH2-].[CH2-]c1ccc2c(oc3c(-c4ccc(C)cc4)cccc32)c1-c1cc(CC(C)(C)C)cc[n+]1[CH2-].[Ir]. The van der Waals surface area contributed by atoms with Gasteiger partial charge in [0.15, 0.2) is 0 Å². The third-order valence-electron chi connectivity index (χ3n) is 10.2. The van der Waals surface area contributed by atoms with Crippen LogP contribution >= 0.6 is 0 Å². The van der Waals surface area contributed by atoms with Crippen molar-refractivity contribution in [3.63, 3.8) is 0 Å². The van der Waals surface area contributed by atoms with E-state index in [0.29, 0.717) is 5.92 Å². The van der Waals surface area contributed by atoms with Gasteiger partial charge in [-0.25, -0.2) is 0 Å². The molecule has 0 spiro atoms. The zero-order valence-electron chi connectivity index (χ0n) is 34.1. The van der Waals surface area contributed by atoms with Gasteiger partial charge in [-0.15, -0.1) is 23.3 Å². The number of aryl methyl sites for hydroxylation is 1. The van der Waals surface area contributed by atoms with Crippen LogP contribution in [0.2, 0.25) is 19.6 Å². The number of furan rings is 1. The average molecular weight is 921 g/mol. The summed E-state index contributed by atoms with van der Waals surface area (Å²) < 4.78 is 10.6. The minimum atomic E-state index is -1.30. The molecule has 0 atom stereocenters. The second-order valence-corrected chi connectivity index (χ2v) is 22.4. The quantitative estimate of drug-likeness (QED) is 0.0925. The zero-order valence-corrected chi connectivity index (χ0v) is 37.5. The number of aromatic nitrogens is 2. The monoisotopic (exact) mass is 921 g/mol. The molecule has 55 heavy (non-hydrogen) atoms. The number of fused-ring (bicyclic) bond motifs is 3. The summed E-state index contributed by atoms with van der Waals surface area (Å²) in [6.45, 7) is 28.9. The van der Waals surface area contributed by atoms with Crippen LogP contribution in [0, 0.1) is 40.3 Å². The summed E-state index contributed by atoms with van der Waals surface area (Å²) in [6, 6.07) is 34.5. The molecule has 0 aliphatic heterocycles. The first-order valence-electron chi connectivity index (χ1n) is 19.0. The Morgan fingerprint density at radius 2 is 1.40 bits per heavy atom. The van der Waals surface area contributed by atoms with Crippen LogP contribution in [0.5, 0.6) is 0 Å². The van der Waals surface area contributed by atoms with E-state index in [9.17, 15) is 0 Å². The Balaban J connectivity index is 0.000000229. The minimum Gasteiger partial charge on any atom is -0.469 e. The molecule has 0 amide bonds. The summed E-state index contributed by atoms with van der Waals surface area (Å²) in [5.74, 6) is 0.528. The molecule has 0 unspecified atom stereocenters. The van der Waals surface area contributed by atoms with Gasteiger partial charge < -0.3 is 13.6 Å². The van der Waals surface area contributed by atoms with Crippen molar-refractivity contribution < 1.29 is 33.7 Å². The normalized spacial score (nSPS) is 11.7. The van der Waals surface area contributed by atoms with Gasteiger partial charge in [-0.05, 0) is 30.2 Å². The fourth-order valence-corrected chi connectivity index (χ4v) is 8.24. The summed E-state index contributed by atoms with van der Waals surface area (Å²) in [6.07, 6.45) is 5.20. The van der Waals surface area contributed by atoms with Crippen molar-refractivity contribution in [2.75, 3.05) is 0 Å². The Labute approximate surface area is 344 Å². The van der Waals surface area contributed by atoms with E-state index in [0.717, 1.165) is 73.1 Å². The van der Waals surface area contributed by atoms with Crippen LogP contribution in [-0.2, 0) is 26.5 Å². The van der Waals surface area contributed by atoms with E-state index in [1.165, 1.54) is 21.9 Å². The Bertz CT molecular complexity index is 2460. The first kappa shape index (κ1) is 41.5. The summed E-state index contributed by atoms with van der Waals surface area (Å²) in [5, 5.41) is 3.64. The fraction of sp³-hybridized carbons (Fsp3) is 0.240. The number of pyridine rings is 2. The van der Waals surface area contributed by atoms with E-state index in [-0.39, 0.29) is 25.5 Å². The predicted molar refractivity (Wildman–Crippen MR) is 232 cm³/mol. The molecule has 0 N–H and O–H groups in total. The van der Waals surface area contributed by atoms with Gasteiger partial charge in [-0.1, -0.05) is 149 Å². The molecular weight excluding hydrogens is 865 g/mol. The van der Waals surface area contributed by atoms with E-state index in [1.807, 2.05) is 15.3 Å². The smallest absolute Gasteiger partial charge is 0.141 e. The summed E-state index contributed by atoms with van der Waals surface area (Å²) in [4.78, 5) is 0. The second-order valence-electron chi connectivity index (χ2n) is 17.3. The van der Waals surface area contributed by atoms with Crippen molar-refractivity contribution in [3.8, 4) is 33.6 Å². The third kappa shape index (κ3) is 9.08. The number of benzene rings is 4. The average Bonchev–Trinajstić information content (AvgIpc) is 3.48. The van der Waals surface area contributed by atoms with Gasteiger partial charge in [0, 0.05) is 50.5 Å².